The molecule has 0 saturated heterocycles. The molecule has 2 N–H and O–H groups in total. The molecule has 5 heteroatoms. The van der Waals surface area contributed by atoms with Crippen molar-refractivity contribution in [3.63, 3.8) is 0 Å². The predicted octanol–water partition coefficient (Wildman–Crippen LogP) is 2.69. The Labute approximate surface area is 124 Å². The first kappa shape index (κ1) is 16.6. The summed E-state index contributed by atoms with van der Waals surface area (Å²) in [7, 11) is 0. The van der Waals surface area contributed by atoms with Gasteiger partial charge in [-0.3, -0.25) is 4.79 Å². The number of aliphatic carboxylic acids is 1. The van der Waals surface area contributed by atoms with Gasteiger partial charge in [0.25, 0.3) is 0 Å². The van der Waals surface area contributed by atoms with E-state index >= 15 is 0 Å². The van der Waals surface area contributed by atoms with Gasteiger partial charge in [0.05, 0.1) is 0 Å². The van der Waals surface area contributed by atoms with Crippen LogP contribution in [0.15, 0.2) is 18.2 Å². The standard InChI is InChI=1S/C15H21NO3S/c1-9-5-6-12(7-10(9)2)14(15(18)19)16-13(17)8-11(3)20-4/h5-7,11,14H,8H2,1-4H3,(H,16,17)(H,18,19). The number of benzene rings is 1. The largest absolute Gasteiger partial charge is 0.479 e. The van der Waals surface area contributed by atoms with Gasteiger partial charge in [-0.05, 0) is 36.8 Å². The van der Waals surface area contributed by atoms with E-state index in [0.717, 1.165) is 11.1 Å². The number of rotatable bonds is 6. The third-order valence-corrected chi connectivity index (χ3v) is 4.26. The zero-order valence-electron chi connectivity index (χ0n) is 12.3. The van der Waals surface area contributed by atoms with E-state index < -0.39 is 12.0 Å². The molecule has 0 aliphatic carbocycles. The van der Waals surface area contributed by atoms with Gasteiger partial charge in [-0.25, -0.2) is 4.79 Å². The minimum Gasteiger partial charge on any atom is -0.479 e. The van der Waals surface area contributed by atoms with Crippen molar-refractivity contribution < 1.29 is 14.7 Å². The van der Waals surface area contributed by atoms with Gasteiger partial charge < -0.3 is 10.4 Å². The molecule has 0 aromatic heterocycles. The number of carbonyl (C=O) groups is 2. The van der Waals surface area contributed by atoms with Crippen molar-refractivity contribution in [2.24, 2.45) is 0 Å². The average Bonchev–Trinajstić information content (AvgIpc) is 2.38. The van der Waals surface area contributed by atoms with E-state index in [2.05, 4.69) is 5.32 Å². The first-order valence-electron chi connectivity index (χ1n) is 6.47. The van der Waals surface area contributed by atoms with Crippen molar-refractivity contribution in [2.45, 2.75) is 38.5 Å². The van der Waals surface area contributed by atoms with E-state index in [0.29, 0.717) is 12.0 Å². The Morgan fingerprint density at radius 3 is 2.45 bits per heavy atom. The molecule has 0 aliphatic heterocycles. The van der Waals surface area contributed by atoms with E-state index in [1.807, 2.05) is 39.2 Å². The molecule has 1 rings (SSSR count). The van der Waals surface area contributed by atoms with E-state index in [1.165, 1.54) is 0 Å². The second-order valence-corrected chi connectivity index (χ2v) is 6.21. The molecular formula is C15H21NO3S. The van der Waals surface area contributed by atoms with Crippen LogP contribution < -0.4 is 5.32 Å². The number of amides is 1. The van der Waals surface area contributed by atoms with Crippen molar-refractivity contribution in [1.82, 2.24) is 5.32 Å². The van der Waals surface area contributed by atoms with Crippen LogP contribution in [0.3, 0.4) is 0 Å². The Bertz CT molecular complexity index is 502. The maximum Gasteiger partial charge on any atom is 0.330 e. The lowest BCUT2D eigenvalue weighted by molar-refractivity contribution is -0.142. The number of carboxylic acid groups (broad SMARTS) is 1. The predicted molar refractivity (Wildman–Crippen MR) is 82.0 cm³/mol. The molecule has 1 aromatic rings. The van der Waals surface area contributed by atoms with Gasteiger partial charge in [-0.1, -0.05) is 25.1 Å². The number of thioether (sulfide) groups is 1. The van der Waals surface area contributed by atoms with Crippen LogP contribution in [0.25, 0.3) is 0 Å². The lowest BCUT2D eigenvalue weighted by Gasteiger charge is -2.17. The van der Waals surface area contributed by atoms with Crippen LogP contribution in [0.5, 0.6) is 0 Å². The van der Waals surface area contributed by atoms with Crippen LogP contribution >= 0.6 is 11.8 Å². The lowest BCUT2D eigenvalue weighted by atomic mass is 10.0. The quantitative estimate of drug-likeness (QED) is 0.847. The first-order valence-corrected chi connectivity index (χ1v) is 7.76. The second-order valence-electron chi connectivity index (χ2n) is 4.93. The van der Waals surface area contributed by atoms with E-state index in [1.54, 1.807) is 17.8 Å². The van der Waals surface area contributed by atoms with Crippen LogP contribution in [0.2, 0.25) is 0 Å². The van der Waals surface area contributed by atoms with Gasteiger partial charge in [-0.15, -0.1) is 0 Å². The van der Waals surface area contributed by atoms with E-state index in [4.69, 9.17) is 0 Å². The smallest absolute Gasteiger partial charge is 0.330 e. The molecule has 2 atom stereocenters. The molecule has 110 valence electrons. The van der Waals surface area contributed by atoms with Gasteiger partial charge in [-0.2, -0.15) is 11.8 Å². The van der Waals surface area contributed by atoms with Crippen LogP contribution in [0, 0.1) is 13.8 Å². The number of nitrogens with one attached hydrogen (secondary N) is 1. The van der Waals surface area contributed by atoms with Crippen molar-refractivity contribution in [2.75, 3.05) is 6.26 Å². The van der Waals surface area contributed by atoms with Gasteiger partial charge >= 0.3 is 5.97 Å². The molecule has 0 radical (unpaired) electrons. The molecule has 1 aromatic carbocycles. The summed E-state index contributed by atoms with van der Waals surface area (Å²) in [5.41, 5.74) is 2.71. The molecule has 0 heterocycles. The highest BCUT2D eigenvalue weighted by molar-refractivity contribution is 7.99. The lowest BCUT2D eigenvalue weighted by Crippen LogP contribution is -2.34. The molecule has 0 aliphatic rings. The molecule has 1 amide bonds. The molecule has 0 spiro atoms. The highest BCUT2D eigenvalue weighted by atomic mass is 32.2. The Balaban J connectivity index is 2.86. The molecule has 0 fully saturated rings. The molecule has 0 saturated carbocycles. The summed E-state index contributed by atoms with van der Waals surface area (Å²) >= 11 is 1.58. The summed E-state index contributed by atoms with van der Waals surface area (Å²) in [6.07, 6.45) is 2.24. The number of aryl methyl sites for hydroxylation is 2. The van der Waals surface area contributed by atoms with Crippen LogP contribution in [0.1, 0.15) is 36.1 Å². The summed E-state index contributed by atoms with van der Waals surface area (Å²) in [6.45, 7) is 5.83. The molecular weight excluding hydrogens is 274 g/mol. The summed E-state index contributed by atoms with van der Waals surface area (Å²) in [6, 6.07) is 4.44. The highest BCUT2D eigenvalue weighted by Gasteiger charge is 2.23. The normalized spacial score (nSPS) is 13.6. The van der Waals surface area contributed by atoms with Crippen LogP contribution in [-0.4, -0.2) is 28.5 Å². The average molecular weight is 295 g/mol. The number of hydrogen-bond donors (Lipinski definition) is 2. The number of hydrogen-bond acceptors (Lipinski definition) is 3. The van der Waals surface area contributed by atoms with E-state index in [9.17, 15) is 14.7 Å². The zero-order chi connectivity index (χ0) is 15.3. The van der Waals surface area contributed by atoms with Gasteiger partial charge in [0.2, 0.25) is 5.91 Å². The van der Waals surface area contributed by atoms with Gasteiger partial charge in [0, 0.05) is 11.7 Å². The fourth-order valence-corrected chi connectivity index (χ4v) is 2.11. The van der Waals surface area contributed by atoms with Crippen molar-refractivity contribution in [3.05, 3.63) is 34.9 Å². The summed E-state index contributed by atoms with van der Waals surface area (Å²) in [4.78, 5) is 23.2. The van der Waals surface area contributed by atoms with Gasteiger partial charge in [0.15, 0.2) is 6.04 Å². The summed E-state index contributed by atoms with van der Waals surface area (Å²) in [5, 5.41) is 12.1. The topological polar surface area (TPSA) is 66.4 Å². The summed E-state index contributed by atoms with van der Waals surface area (Å²) < 4.78 is 0. The Kier molecular flexibility index (Phi) is 6.07. The Morgan fingerprint density at radius 2 is 1.95 bits per heavy atom. The minimum absolute atomic E-state index is 0.171. The first-order chi connectivity index (χ1) is 9.35. The molecule has 2 unspecified atom stereocenters. The SMILES string of the molecule is CSC(C)CC(=O)NC(C(=O)O)c1ccc(C)c(C)c1. The maximum atomic E-state index is 11.9. The van der Waals surface area contributed by atoms with Crippen LogP contribution in [-0.2, 0) is 9.59 Å². The third kappa shape index (κ3) is 4.56. The zero-order valence-corrected chi connectivity index (χ0v) is 13.1. The summed E-state index contributed by atoms with van der Waals surface area (Å²) in [5.74, 6) is -1.28. The minimum atomic E-state index is -1.04. The second kappa shape index (κ2) is 7.33. The number of carboxylic acids is 1. The molecule has 4 nitrogen and oxygen atoms in total. The molecule has 0 bridgehead atoms. The van der Waals surface area contributed by atoms with Gasteiger partial charge in [0.1, 0.15) is 0 Å². The monoisotopic (exact) mass is 295 g/mol. The third-order valence-electron chi connectivity index (χ3n) is 3.29. The highest BCUT2D eigenvalue weighted by Crippen LogP contribution is 2.18. The fraction of sp³-hybridized carbons (Fsp3) is 0.467. The van der Waals surface area contributed by atoms with Crippen molar-refractivity contribution >= 4 is 23.6 Å². The Hall–Kier alpha value is -1.49. The Morgan fingerprint density at radius 1 is 1.30 bits per heavy atom. The molecule has 20 heavy (non-hydrogen) atoms. The van der Waals surface area contributed by atoms with Crippen molar-refractivity contribution in [3.8, 4) is 0 Å². The van der Waals surface area contributed by atoms with E-state index in [-0.39, 0.29) is 11.2 Å². The van der Waals surface area contributed by atoms with Crippen molar-refractivity contribution in [1.29, 1.82) is 0 Å². The number of carbonyl (C=O) groups excluding carboxylic acids is 1. The van der Waals surface area contributed by atoms with Crippen LogP contribution in [0.4, 0.5) is 0 Å². The maximum absolute atomic E-state index is 11.9. The fourth-order valence-electron chi connectivity index (χ4n) is 1.80.